The monoisotopic (exact) mass is 260 g/mol. The van der Waals surface area contributed by atoms with E-state index in [4.69, 9.17) is 5.73 Å². The highest BCUT2D eigenvalue weighted by Gasteiger charge is 2.14. The van der Waals surface area contributed by atoms with Crippen LogP contribution in [0.5, 0.6) is 0 Å². The van der Waals surface area contributed by atoms with Crippen molar-refractivity contribution in [3.05, 3.63) is 51.7 Å². The smallest absolute Gasteiger partial charge is 0.268 e. The highest BCUT2D eigenvalue weighted by molar-refractivity contribution is 7.12. The molecule has 0 bridgehead atoms. The number of hydrogen-bond acceptors (Lipinski definition) is 4. The zero-order valence-corrected chi connectivity index (χ0v) is 10.6. The summed E-state index contributed by atoms with van der Waals surface area (Å²) in [5.74, 6) is -0.794. The molecular formula is C13H12N2O2S. The van der Waals surface area contributed by atoms with Crippen molar-refractivity contribution in [1.82, 2.24) is 5.32 Å². The number of benzene rings is 1. The maximum Gasteiger partial charge on any atom is 0.268 e. The molecule has 0 aliphatic carbocycles. The predicted octanol–water partition coefficient (Wildman–Crippen LogP) is 2.21. The fourth-order valence-electron chi connectivity index (χ4n) is 1.47. The number of rotatable bonds is 2. The third kappa shape index (κ3) is 2.57. The second kappa shape index (κ2) is 5.01. The fourth-order valence-corrected chi connectivity index (χ4v) is 2.29. The molecule has 1 heterocycles. The Morgan fingerprint density at radius 2 is 1.78 bits per heavy atom. The minimum Gasteiger partial charge on any atom is -0.399 e. The number of nitrogens with two attached hydrogens (primary N) is 1. The molecule has 2 amide bonds. The largest absolute Gasteiger partial charge is 0.399 e. The number of hydrogen-bond donors (Lipinski definition) is 2. The van der Waals surface area contributed by atoms with Crippen LogP contribution in [0.2, 0.25) is 0 Å². The third-order valence-electron chi connectivity index (χ3n) is 2.47. The normalized spacial score (nSPS) is 10.1. The molecule has 5 heteroatoms. The van der Waals surface area contributed by atoms with Gasteiger partial charge in [0, 0.05) is 11.3 Å². The second-order valence-electron chi connectivity index (χ2n) is 3.84. The third-order valence-corrected chi connectivity index (χ3v) is 3.48. The number of imide groups is 1. The molecule has 1 aromatic carbocycles. The van der Waals surface area contributed by atoms with Crippen molar-refractivity contribution >= 4 is 28.8 Å². The Bertz CT molecular complexity index is 587. The molecule has 1 aromatic heterocycles. The van der Waals surface area contributed by atoms with Crippen molar-refractivity contribution in [2.24, 2.45) is 0 Å². The van der Waals surface area contributed by atoms with E-state index in [1.807, 2.05) is 18.4 Å². The Morgan fingerprint density at radius 1 is 1.11 bits per heavy atom. The molecule has 0 unspecified atom stereocenters. The molecule has 0 atom stereocenters. The van der Waals surface area contributed by atoms with Crippen LogP contribution in [0.1, 0.15) is 25.6 Å². The van der Waals surface area contributed by atoms with Gasteiger partial charge in [-0.1, -0.05) is 0 Å². The lowest BCUT2D eigenvalue weighted by Crippen LogP contribution is -2.30. The van der Waals surface area contributed by atoms with E-state index >= 15 is 0 Å². The first-order valence-corrected chi connectivity index (χ1v) is 6.21. The molecule has 0 aliphatic heterocycles. The Hall–Kier alpha value is -2.14. The van der Waals surface area contributed by atoms with Gasteiger partial charge in [0.15, 0.2) is 0 Å². The lowest BCUT2D eigenvalue weighted by atomic mass is 10.2. The van der Waals surface area contributed by atoms with Crippen molar-refractivity contribution in [3.8, 4) is 0 Å². The number of nitrogen functional groups attached to an aromatic ring is 1. The van der Waals surface area contributed by atoms with Gasteiger partial charge in [-0.15, -0.1) is 11.3 Å². The van der Waals surface area contributed by atoms with Crippen LogP contribution < -0.4 is 11.1 Å². The fraction of sp³-hybridized carbons (Fsp3) is 0.0769. The van der Waals surface area contributed by atoms with E-state index in [9.17, 15) is 9.59 Å². The first-order valence-electron chi connectivity index (χ1n) is 5.33. The zero-order chi connectivity index (χ0) is 13.1. The molecule has 18 heavy (non-hydrogen) atoms. The van der Waals surface area contributed by atoms with Gasteiger partial charge in [-0.25, -0.2) is 0 Å². The zero-order valence-electron chi connectivity index (χ0n) is 9.77. The Balaban J connectivity index is 2.10. The maximum absolute atomic E-state index is 11.8. The van der Waals surface area contributed by atoms with Crippen LogP contribution in [0.3, 0.4) is 0 Å². The van der Waals surface area contributed by atoms with Gasteiger partial charge in [-0.2, -0.15) is 0 Å². The average molecular weight is 260 g/mol. The van der Waals surface area contributed by atoms with E-state index in [1.54, 1.807) is 24.3 Å². The molecule has 0 spiro atoms. The predicted molar refractivity (Wildman–Crippen MR) is 71.7 cm³/mol. The van der Waals surface area contributed by atoms with Crippen LogP contribution in [0.4, 0.5) is 5.69 Å². The van der Waals surface area contributed by atoms with E-state index in [-0.39, 0.29) is 5.91 Å². The molecule has 4 nitrogen and oxygen atoms in total. The SMILES string of the molecule is Cc1ccsc1C(=O)NC(=O)c1ccc(N)cc1. The molecule has 92 valence electrons. The Labute approximate surface area is 108 Å². The number of anilines is 1. The molecule has 2 aromatic rings. The number of carbonyl (C=O) groups excluding carboxylic acids is 2. The average Bonchev–Trinajstić information content (AvgIpc) is 2.76. The summed E-state index contributed by atoms with van der Waals surface area (Å²) in [6.07, 6.45) is 0. The van der Waals surface area contributed by atoms with Crippen LogP contribution in [-0.2, 0) is 0 Å². The van der Waals surface area contributed by atoms with Crippen LogP contribution in [-0.4, -0.2) is 11.8 Å². The second-order valence-corrected chi connectivity index (χ2v) is 4.75. The molecule has 0 aliphatic rings. The standard InChI is InChI=1S/C13H12N2O2S/c1-8-6-7-18-11(8)13(17)15-12(16)9-2-4-10(14)5-3-9/h2-7H,14H2,1H3,(H,15,16,17). The lowest BCUT2D eigenvalue weighted by Gasteiger charge is -2.03. The molecule has 2 rings (SSSR count). The van der Waals surface area contributed by atoms with E-state index < -0.39 is 5.91 Å². The summed E-state index contributed by atoms with van der Waals surface area (Å²) in [5, 5.41) is 4.17. The lowest BCUT2D eigenvalue weighted by molar-refractivity contribution is 0.0851. The minimum absolute atomic E-state index is 0.371. The number of aryl methyl sites for hydroxylation is 1. The van der Waals surface area contributed by atoms with Crippen LogP contribution in [0, 0.1) is 6.92 Å². The first-order chi connectivity index (χ1) is 8.58. The van der Waals surface area contributed by atoms with Crippen LogP contribution >= 0.6 is 11.3 Å². The molecule has 0 saturated heterocycles. The van der Waals surface area contributed by atoms with E-state index in [0.29, 0.717) is 16.1 Å². The Kier molecular flexibility index (Phi) is 3.43. The van der Waals surface area contributed by atoms with Gasteiger partial charge in [-0.05, 0) is 48.2 Å². The van der Waals surface area contributed by atoms with E-state index in [2.05, 4.69) is 5.32 Å². The van der Waals surface area contributed by atoms with Crippen LogP contribution in [0.25, 0.3) is 0 Å². The van der Waals surface area contributed by atoms with Gasteiger partial charge in [-0.3, -0.25) is 14.9 Å². The maximum atomic E-state index is 11.8. The summed E-state index contributed by atoms with van der Waals surface area (Å²) in [7, 11) is 0. The van der Waals surface area contributed by atoms with E-state index in [1.165, 1.54) is 11.3 Å². The highest BCUT2D eigenvalue weighted by atomic mass is 32.1. The number of nitrogens with one attached hydrogen (secondary N) is 1. The quantitative estimate of drug-likeness (QED) is 0.642. The van der Waals surface area contributed by atoms with Crippen molar-refractivity contribution in [2.45, 2.75) is 6.92 Å². The number of thiophene rings is 1. The van der Waals surface area contributed by atoms with E-state index in [0.717, 1.165) is 5.56 Å². The molecule has 0 saturated carbocycles. The summed E-state index contributed by atoms with van der Waals surface area (Å²) in [6.45, 7) is 1.83. The van der Waals surface area contributed by atoms with Crippen LogP contribution in [0.15, 0.2) is 35.7 Å². The number of carbonyl (C=O) groups is 2. The molecular weight excluding hydrogens is 248 g/mol. The summed E-state index contributed by atoms with van der Waals surface area (Å²) in [5.41, 5.74) is 7.38. The van der Waals surface area contributed by atoms with Crippen molar-refractivity contribution < 1.29 is 9.59 Å². The molecule has 0 fully saturated rings. The van der Waals surface area contributed by atoms with Gasteiger partial charge in [0.1, 0.15) is 0 Å². The van der Waals surface area contributed by atoms with Gasteiger partial charge >= 0.3 is 0 Å². The first kappa shape index (κ1) is 12.3. The van der Waals surface area contributed by atoms with Gasteiger partial charge in [0.25, 0.3) is 11.8 Å². The summed E-state index contributed by atoms with van der Waals surface area (Å²) in [4.78, 5) is 24.2. The topological polar surface area (TPSA) is 72.2 Å². The van der Waals surface area contributed by atoms with Gasteiger partial charge < -0.3 is 5.73 Å². The summed E-state index contributed by atoms with van der Waals surface area (Å²) >= 11 is 1.31. The number of amides is 2. The minimum atomic E-state index is -0.423. The summed E-state index contributed by atoms with van der Waals surface area (Å²) in [6, 6.07) is 8.25. The highest BCUT2D eigenvalue weighted by Crippen LogP contribution is 2.15. The van der Waals surface area contributed by atoms with Gasteiger partial charge in [0.2, 0.25) is 0 Å². The van der Waals surface area contributed by atoms with Crippen molar-refractivity contribution in [2.75, 3.05) is 5.73 Å². The Morgan fingerprint density at radius 3 is 2.33 bits per heavy atom. The molecule has 0 radical (unpaired) electrons. The molecule has 3 N–H and O–H groups in total. The summed E-state index contributed by atoms with van der Waals surface area (Å²) < 4.78 is 0. The van der Waals surface area contributed by atoms with Crippen molar-refractivity contribution in [1.29, 1.82) is 0 Å². The van der Waals surface area contributed by atoms with Gasteiger partial charge in [0.05, 0.1) is 4.88 Å². The van der Waals surface area contributed by atoms with Crippen molar-refractivity contribution in [3.63, 3.8) is 0 Å².